The van der Waals surface area contributed by atoms with Crippen molar-refractivity contribution >= 4 is 32.4 Å². The summed E-state index contributed by atoms with van der Waals surface area (Å²) in [6.45, 7) is 9.11. The second-order valence-electron chi connectivity index (χ2n) is 7.97. The van der Waals surface area contributed by atoms with E-state index in [9.17, 15) is 14.4 Å². The minimum absolute atomic E-state index is 0.0257. The van der Waals surface area contributed by atoms with E-state index >= 15 is 0 Å². The molecule has 0 spiro atoms. The third kappa shape index (κ3) is 4.35. The van der Waals surface area contributed by atoms with Crippen LogP contribution in [0.15, 0.2) is 72.8 Å². The van der Waals surface area contributed by atoms with Crippen molar-refractivity contribution in [3.05, 3.63) is 83.9 Å². The molecule has 0 unspecified atom stereocenters. The first-order valence-electron chi connectivity index (χ1n) is 10.6. The molecule has 171 valence electrons. The lowest BCUT2D eigenvalue weighted by Gasteiger charge is -2.24. The van der Waals surface area contributed by atoms with Gasteiger partial charge in [-0.25, -0.2) is 0 Å². The highest BCUT2D eigenvalue weighted by molar-refractivity contribution is 6.49. The number of hydrogen-bond acceptors (Lipinski definition) is 5. The second kappa shape index (κ2) is 9.36. The molecule has 7 nitrogen and oxygen atoms in total. The van der Waals surface area contributed by atoms with Crippen LogP contribution < -0.4 is 19.8 Å². The van der Waals surface area contributed by atoms with Crippen molar-refractivity contribution in [2.24, 2.45) is 0 Å². The Morgan fingerprint density at radius 2 is 1.47 bits per heavy atom. The van der Waals surface area contributed by atoms with Crippen LogP contribution in [0.4, 0.5) is 5.69 Å². The number of imide groups is 1. The van der Waals surface area contributed by atoms with Crippen molar-refractivity contribution in [3.8, 4) is 28.4 Å². The van der Waals surface area contributed by atoms with Crippen LogP contribution >= 0.6 is 0 Å². The van der Waals surface area contributed by atoms with Gasteiger partial charge in [-0.05, 0) is 37.7 Å². The van der Waals surface area contributed by atoms with Gasteiger partial charge in [0.15, 0.2) is 11.5 Å². The highest BCUT2D eigenvalue weighted by Gasteiger charge is 2.39. The topological polar surface area (TPSA) is 93.7 Å². The number of carbonyl (C=O) groups is 3. The van der Waals surface area contributed by atoms with Crippen LogP contribution in [-0.4, -0.2) is 26.8 Å². The van der Waals surface area contributed by atoms with Crippen LogP contribution in [-0.2, 0) is 4.79 Å². The molecule has 1 aliphatic rings. The molecule has 0 bridgehead atoms. The first-order valence-corrected chi connectivity index (χ1v) is 13.0. The van der Waals surface area contributed by atoms with E-state index in [1.807, 2.05) is 49.5 Å². The Morgan fingerprint density at radius 3 is 2.06 bits per heavy atom. The fourth-order valence-electron chi connectivity index (χ4n) is 3.61. The molecule has 1 heterocycles. The van der Waals surface area contributed by atoms with Crippen LogP contribution in [0, 0.1) is 0 Å². The zero-order valence-corrected chi connectivity index (χ0v) is 20.0. The van der Waals surface area contributed by atoms with Crippen molar-refractivity contribution in [1.82, 2.24) is 5.32 Å². The molecule has 4 rings (SSSR count). The Hall–Kier alpha value is -4.17. The van der Waals surface area contributed by atoms with E-state index in [4.69, 9.17) is 9.16 Å². The van der Waals surface area contributed by atoms with Crippen molar-refractivity contribution in [2.75, 3.05) is 5.32 Å². The zero-order valence-electron chi connectivity index (χ0n) is 19.0. The molecular weight excluding hydrogens is 448 g/mol. The molecule has 3 aromatic carbocycles. The maximum absolute atomic E-state index is 13.0. The molecule has 0 aliphatic carbocycles. The number of hydrogen-bond donors (Lipinski definition) is 2. The van der Waals surface area contributed by atoms with Crippen LogP contribution in [0.25, 0.3) is 11.1 Å². The van der Waals surface area contributed by atoms with E-state index in [1.165, 1.54) is 0 Å². The molecule has 0 saturated carbocycles. The standard InChI is InChI=1S/C26H23N2O5Si/c1-15(2)24(29)27-21-20-19(25(30)28-26(20)31)18(16-11-7-5-8-12-16)22(33-34(3)4)23(21)32-17-13-9-6-10-14-17/h5-14H,1H2,2-4H3,(H,27,29)(H,28,30,31). The van der Waals surface area contributed by atoms with Gasteiger partial charge in [-0.2, -0.15) is 0 Å². The Balaban J connectivity index is 2.12. The van der Waals surface area contributed by atoms with E-state index in [-0.39, 0.29) is 33.9 Å². The van der Waals surface area contributed by atoms with Crippen LogP contribution in [0.5, 0.6) is 17.2 Å². The minimum Gasteiger partial charge on any atom is -0.540 e. The molecule has 3 aromatic rings. The molecule has 0 aromatic heterocycles. The van der Waals surface area contributed by atoms with Crippen molar-refractivity contribution in [3.63, 3.8) is 0 Å². The first-order chi connectivity index (χ1) is 16.3. The normalized spacial score (nSPS) is 12.2. The number of fused-ring (bicyclic) bond motifs is 1. The second-order valence-corrected chi connectivity index (χ2v) is 9.99. The van der Waals surface area contributed by atoms with E-state index in [2.05, 4.69) is 17.2 Å². The minimum atomic E-state index is -1.36. The van der Waals surface area contributed by atoms with E-state index in [0.29, 0.717) is 16.9 Å². The predicted octanol–water partition coefficient (Wildman–Crippen LogP) is 5.17. The lowest BCUT2D eigenvalue weighted by molar-refractivity contribution is -0.112. The predicted molar refractivity (Wildman–Crippen MR) is 132 cm³/mol. The summed E-state index contributed by atoms with van der Waals surface area (Å²) in [7, 11) is -1.36. The first kappa shape index (κ1) is 23.0. The summed E-state index contributed by atoms with van der Waals surface area (Å²) >= 11 is 0. The van der Waals surface area contributed by atoms with Gasteiger partial charge in [0.1, 0.15) is 11.4 Å². The van der Waals surface area contributed by atoms with Gasteiger partial charge in [-0.1, -0.05) is 55.1 Å². The number of benzene rings is 3. The van der Waals surface area contributed by atoms with E-state index in [1.54, 1.807) is 31.2 Å². The Morgan fingerprint density at radius 1 is 0.882 bits per heavy atom. The molecule has 2 N–H and O–H groups in total. The monoisotopic (exact) mass is 471 g/mol. The maximum Gasteiger partial charge on any atom is 0.274 e. The molecule has 1 aliphatic heterocycles. The number of anilines is 1. The number of rotatable bonds is 7. The molecule has 3 amide bonds. The number of carbonyl (C=O) groups excluding carboxylic acids is 3. The molecule has 34 heavy (non-hydrogen) atoms. The molecule has 0 fully saturated rings. The van der Waals surface area contributed by atoms with E-state index < -0.39 is 26.8 Å². The van der Waals surface area contributed by atoms with Gasteiger partial charge in [-0.3, -0.25) is 19.7 Å². The highest BCUT2D eigenvalue weighted by Crippen LogP contribution is 2.51. The maximum atomic E-state index is 13.0. The molecule has 8 heteroatoms. The summed E-state index contributed by atoms with van der Waals surface area (Å²) in [6, 6.07) is 18.1. The molecule has 1 radical (unpaired) electrons. The Bertz CT molecular complexity index is 1300. The highest BCUT2D eigenvalue weighted by atomic mass is 28.3. The third-order valence-electron chi connectivity index (χ3n) is 5.05. The van der Waals surface area contributed by atoms with Crippen LogP contribution in [0.3, 0.4) is 0 Å². The number of ether oxygens (including phenoxy) is 1. The summed E-state index contributed by atoms with van der Waals surface area (Å²) in [5, 5.41) is 5.08. The Kier molecular flexibility index (Phi) is 6.33. The van der Waals surface area contributed by atoms with Gasteiger partial charge in [0.2, 0.25) is 0 Å². The fraction of sp³-hybridized carbons (Fsp3) is 0.115. The van der Waals surface area contributed by atoms with Gasteiger partial charge in [0.05, 0.1) is 11.1 Å². The Labute approximate surface area is 199 Å². The quantitative estimate of drug-likeness (QED) is 0.282. The van der Waals surface area contributed by atoms with Gasteiger partial charge in [-0.15, -0.1) is 0 Å². The van der Waals surface area contributed by atoms with Gasteiger partial charge in [0.25, 0.3) is 26.8 Å². The average Bonchev–Trinajstić information content (AvgIpc) is 3.10. The van der Waals surface area contributed by atoms with Crippen LogP contribution in [0.2, 0.25) is 13.1 Å². The van der Waals surface area contributed by atoms with Crippen molar-refractivity contribution in [1.29, 1.82) is 0 Å². The van der Waals surface area contributed by atoms with Crippen molar-refractivity contribution in [2.45, 2.75) is 20.0 Å². The summed E-state index contributed by atoms with van der Waals surface area (Å²) in [5.74, 6) is -0.796. The average molecular weight is 472 g/mol. The SMILES string of the molecule is C=C(C)C(=O)Nc1c(Oc2ccccc2)c(O[Si](C)C)c(-c2ccccc2)c2c1C(=O)NC2=O. The smallest absolute Gasteiger partial charge is 0.274 e. The number of amides is 3. The van der Waals surface area contributed by atoms with Gasteiger partial charge in [0, 0.05) is 11.1 Å². The lowest BCUT2D eigenvalue weighted by atomic mass is 9.93. The number of nitrogens with one attached hydrogen (secondary N) is 2. The molecular formula is C26H23N2O5Si. The largest absolute Gasteiger partial charge is 0.540 e. The molecule has 0 saturated heterocycles. The fourth-order valence-corrected chi connectivity index (χ4v) is 4.21. The zero-order chi connectivity index (χ0) is 24.4. The summed E-state index contributed by atoms with van der Waals surface area (Å²) in [4.78, 5) is 38.6. The number of para-hydroxylation sites is 1. The lowest BCUT2D eigenvalue weighted by Crippen LogP contribution is -2.21. The van der Waals surface area contributed by atoms with Gasteiger partial charge >= 0.3 is 0 Å². The summed E-state index contributed by atoms with van der Waals surface area (Å²) in [6.07, 6.45) is 0. The van der Waals surface area contributed by atoms with Crippen LogP contribution in [0.1, 0.15) is 27.6 Å². The summed E-state index contributed by atoms with van der Waals surface area (Å²) < 4.78 is 12.6. The molecule has 0 atom stereocenters. The van der Waals surface area contributed by atoms with Gasteiger partial charge < -0.3 is 14.5 Å². The van der Waals surface area contributed by atoms with E-state index in [0.717, 1.165) is 0 Å². The third-order valence-corrected chi connectivity index (χ3v) is 5.66. The van der Waals surface area contributed by atoms with Crippen molar-refractivity contribution < 1.29 is 23.5 Å². The summed E-state index contributed by atoms with van der Waals surface area (Å²) in [5.41, 5.74) is 1.56.